The van der Waals surface area contributed by atoms with Crippen molar-refractivity contribution < 1.29 is 0 Å². The van der Waals surface area contributed by atoms with Gasteiger partial charge in [0.15, 0.2) is 0 Å². The van der Waals surface area contributed by atoms with Crippen LogP contribution >= 0.6 is 0 Å². The summed E-state index contributed by atoms with van der Waals surface area (Å²) in [7, 11) is 4.26. The van der Waals surface area contributed by atoms with Crippen LogP contribution in [0.1, 0.15) is 30.1 Å². The normalized spacial score (nSPS) is 20.0. The Morgan fingerprint density at radius 1 is 1.31 bits per heavy atom. The first kappa shape index (κ1) is 9.91. The third-order valence-corrected chi connectivity index (χ3v) is 3.87. The SMILES string of the molecule is CN[C@@H]1CCCc2c1c1ccccc1n2C. The maximum Gasteiger partial charge on any atom is 0.0483 e. The summed E-state index contributed by atoms with van der Waals surface area (Å²) in [5.41, 5.74) is 4.42. The highest BCUT2D eigenvalue weighted by Crippen LogP contribution is 2.36. The van der Waals surface area contributed by atoms with Gasteiger partial charge in [-0.15, -0.1) is 0 Å². The number of aryl methyl sites for hydroxylation is 1. The van der Waals surface area contributed by atoms with Crippen molar-refractivity contribution in [1.29, 1.82) is 0 Å². The van der Waals surface area contributed by atoms with Crippen LogP contribution in [0.15, 0.2) is 24.3 Å². The molecule has 2 aromatic rings. The van der Waals surface area contributed by atoms with Gasteiger partial charge in [-0.05, 0) is 37.9 Å². The average Bonchev–Trinajstić information content (AvgIpc) is 2.64. The monoisotopic (exact) mass is 214 g/mol. The van der Waals surface area contributed by atoms with Gasteiger partial charge in [0.25, 0.3) is 0 Å². The van der Waals surface area contributed by atoms with Crippen molar-refractivity contribution in [2.24, 2.45) is 7.05 Å². The first-order valence-electron chi connectivity index (χ1n) is 6.06. The molecule has 3 rings (SSSR count). The number of fused-ring (bicyclic) bond motifs is 3. The van der Waals surface area contributed by atoms with Gasteiger partial charge in [0.2, 0.25) is 0 Å². The molecule has 0 saturated heterocycles. The molecule has 1 N–H and O–H groups in total. The lowest BCUT2D eigenvalue weighted by Gasteiger charge is -2.23. The lowest BCUT2D eigenvalue weighted by atomic mass is 9.91. The van der Waals surface area contributed by atoms with Crippen molar-refractivity contribution in [2.45, 2.75) is 25.3 Å². The van der Waals surface area contributed by atoms with Gasteiger partial charge in [0.05, 0.1) is 0 Å². The van der Waals surface area contributed by atoms with Crippen LogP contribution in [-0.2, 0) is 13.5 Å². The van der Waals surface area contributed by atoms with Gasteiger partial charge in [-0.1, -0.05) is 18.2 Å². The Balaban J connectivity index is 2.34. The van der Waals surface area contributed by atoms with E-state index in [0.29, 0.717) is 6.04 Å². The Bertz CT molecular complexity index is 525. The molecule has 1 atom stereocenters. The molecule has 0 aliphatic heterocycles. The third kappa shape index (κ3) is 1.23. The van der Waals surface area contributed by atoms with E-state index in [4.69, 9.17) is 0 Å². The molecule has 2 heteroatoms. The van der Waals surface area contributed by atoms with E-state index in [-0.39, 0.29) is 0 Å². The van der Waals surface area contributed by atoms with Crippen molar-refractivity contribution in [3.8, 4) is 0 Å². The number of aromatic nitrogens is 1. The molecule has 16 heavy (non-hydrogen) atoms. The third-order valence-electron chi connectivity index (χ3n) is 3.87. The van der Waals surface area contributed by atoms with E-state index < -0.39 is 0 Å². The Morgan fingerprint density at radius 2 is 2.12 bits per heavy atom. The van der Waals surface area contributed by atoms with Gasteiger partial charge < -0.3 is 9.88 Å². The standard InChI is InChI=1S/C14H18N2/c1-15-11-7-5-9-13-14(11)10-6-3-4-8-12(10)16(13)2/h3-4,6,8,11,15H,5,7,9H2,1-2H3/t11-/m1/s1. The summed E-state index contributed by atoms with van der Waals surface area (Å²) in [6.07, 6.45) is 3.78. The van der Waals surface area contributed by atoms with Gasteiger partial charge in [-0.2, -0.15) is 0 Å². The van der Waals surface area contributed by atoms with Gasteiger partial charge >= 0.3 is 0 Å². The number of hydrogen-bond acceptors (Lipinski definition) is 1. The lowest BCUT2D eigenvalue weighted by Crippen LogP contribution is -2.21. The largest absolute Gasteiger partial charge is 0.347 e. The molecular weight excluding hydrogens is 196 g/mol. The van der Waals surface area contributed by atoms with Crippen LogP contribution in [0, 0.1) is 0 Å². The Kier molecular flexibility index (Phi) is 2.25. The van der Waals surface area contributed by atoms with Crippen molar-refractivity contribution in [3.05, 3.63) is 35.5 Å². The van der Waals surface area contributed by atoms with Crippen LogP contribution in [0.2, 0.25) is 0 Å². The fraction of sp³-hybridized carbons (Fsp3) is 0.429. The van der Waals surface area contributed by atoms with E-state index in [1.807, 2.05) is 0 Å². The van der Waals surface area contributed by atoms with Crippen LogP contribution in [0.25, 0.3) is 10.9 Å². The Hall–Kier alpha value is -1.28. The summed E-state index contributed by atoms with van der Waals surface area (Å²) in [5, 5.41) is 4.88. The van der Waals surface area contributed by atoms with Crippen LogP contribution in [0.5, 0.6) is 0 Å². The molecular formula is C14H18N2. The van der Waals surface area contributed by atoms with E-state index in [1.54, 1.807) is 0 Å². The molecule has 0 amide bonds. The Morgan fingerprint density at radius 3 is 2.94 bits per heavy atom. The number of benzene rings is 1. The zero-order chi connectivity index (χ0) is 11.1. The number of para-hydroxylation sites is 1. The minimum atomic E-state index is 0.537. The number of hydrogen-bond donors (Lipinski definition) is 1. The second-order valence-electron chi connectivity index (χ2n) is 4.67. The van der Waals surface area contributed by atoms with E-state index >= 15 is 0 Å². The molecule has 0 fully saturated rings. The van der Waals surface area contributed by atoms with E-state index in [2.05, 4.69) is 48.2 Å². The molecule has 1 aromatic carbocycles. The molecule has 0 spiro atoms. The highest BCUT2D eigenvalue weighted by Gasteiger charge is 2.24. The second kappa shape index (κ2) is 3.63. The molecule has 1 aliphatic carbocycles. The van der Waals surface area contributed by atoms with E-state index in [0.717, 1.165) is 0 Å². The summed E-state index contributed by atoms with van der Waals surface area (Å²) in [6.45, 7) is 0. The highest BCUT2D eigenvalue weighted by molar-refractivity contribution is 5.86. The summed E-state index contributed by atoms with van der Waals surface area (Å²) in [6, 6.07) is 9.28. The van der Waals surface area contributed by atoms with Crippen molar-refractivity contribution >= 4 is 10.9 Å². The predicted molar refractivity (Wildman–Crippen MR) is 67.7 cm³/mol. The maximum atomic E-state index is 3.45. The fourth-order valence-corrected chi connectivity index (χ4v) is 3.07. The molecule has 0 unspecified atom stereocenters. The highest BCUT2D eigenvalue weighted by atomic mass is 15.0. The number of rotatable bonds is 1. The molecule has 0 radical (unpaired) electrons. The average molecular weight is 214 g/mol. The van der Waals surface area contributed by atoms with Gasteiger partial charge in [-0.25, -0.2) is 0 Å². The van der Waals surface area contributed by atoms with Crippen LogP contribution < -0.4 is 5.32 Å². The lowest BCUT2D eigenvalue weighted by molar-refractivity contribution is 0.490. The minimum absolute atomic E-state index is 0.537. The molecule has 0 saturated carbocycles. The summed E-state index contributed by atoms with van der Waals surface area (Å²) in [4.78, 5) is 0. The molecule has 2 nitrogen and oxygen atoms in total. The summed E-state index contributed by atoms with van der Waals surface area (Å²) in [5.74, 6) is 0. The molecule has 84 valence electrons. The maximum absolute atomic E-state index is 3.45. The van der Waals surface area contributed by atoms with E-state index in [1.165, 1.54) is 41.4 Å². The first-order valence-corrected chi connectivity index (χ1v) is 6.06. The zero-order valence-electron chi connectivity index (χ0n) is 9.96. The molecule has 0 bridgehead atoms. The molecule has 1 aromatic heterocycles. The first-order chi connectivity index (χ1) is 7.83. The minimum Gasteiger partial charge on any atom is -0.347 e. The Labute approximate surface area is 96.3 Å². The molecule has 1 aliphatic rings. The van der Waals surface area contributed by atoms with E-state index in [9.17, 15) is 0 Å². The van der Waals surface area contributed by atoms with Crippen LogP contribution in [0.4, 0.5) is 0 Å². The predicted octanol–water partition coefficient (Wildman–Crippen LogP) is 2.78. The summed E-state index contributed by atoms with van der Waals surface area (Å²) >= 11 is 0. The van der Waals surface area contributed by atoms with Gasteiger partial charge in [0, 0.05) is 29.7 Å². The quantitative estimate of drug-likeness (QED) is 0.772. The summed E-state index contributed by atoms with van der Waals surface area (Å²) < 4.78 is 2.37. The topological polar surface area (TPSA) is 17.0 Å². The smallest absolute Gasteiger partial charge is 0.0483 e. The van der Waals surface area contributed by atoms with Crippen LogP contribution in [0.3, 0.4) is 0 Å². The van der Waals surface area contributed by atoms with Crippen molar-refractivity contribution in [3.63, 3.8) is 0 Å². The van der Waals surface area contributed by atoms with Gasteiger partial charge in [0.1, 0.15) is 0 Å². The van der Waals surface area contributed by atoms with Crippen molar-refractivity contribution in [1.82, 2.24) is 9.88 Å². The number of nitrogens with zero attached hydrogens (tertiary/aromatic N) is 1. The molecule has 1 heterocycles. The second-order valence-corrected chi connectivity index (χ2v) is 4.67. The fourth-order valence-electron chi connectivity index (χ4n) is 3.07. The van der Waals surface area contributed by atoms with Crippen molar-refractivity contribution in [2.75, 3.05) is 7.05 Å². The van der Waals surface area contributed by atoms with Crippen LogP contribution in [-0.4, -0.2) is 11.6 Å². The number of nitrogens with one attached hydrogen (secondary N) is 1. The van der Waals surface area contributed by atoms with Gasteiger partial charge in [-0.3, -0.25) is 0 Å². The zero-order valence-corrected chi connectivity index (χ0v) is 9.96.